The topological polar surface area (TPSA) is 44.2 Å². The number of rotatable bonds is 7. The minimum Gasteiger partial charge on any atom is -0.475 e. The second-order valence-electron chi connectivity index (χ2n) is 2.99. The molecule has 15 heavy (non-hydrogen) atoms. The Labute approximate surface area is 98.2 Å². The number of ether oxygens (including phenoxy) is 2. The predicted molar refractivity (Wildman–Crippen MR) is 61.0 cm³/mol. The molecule has 0 aliphatic rings. The lowest BCUT2D eigenvalue weighted by Crippen LogP contribution is -2.08. The molecule has 0 aliphatic heterocycles. The van der Waals surface area contributed by atoms with Crippen molar-refractivity contribution in [1.82, 2.24) is 9.97 Å². The van der Waals surface area contributed by atoms with E-state index in [1.165, 1.54) is 6.33 Å². The molecule has 84 valence electrons. The maximum atomic E-state index is 5.36. The first-order valence-corrected chi connectivity index (χ1v) is 5.80. The molecule has 0 fully saturated rings. The van der Waals surface area contributed by atoms with Crippen LogP contribution in [-0.4, -0.2) is 29.8 Å². The second kappa shape index (κ2) is 7.59. The minimum atomic E-state index is 0.521. The summed E-state index contributed by atoms with van der Waals surface area (Å²) < 4.78 is 11.4. The van der Waals surface area contributed by atoms with Gasteiger partial charge in [-0.3, -0.25) is 0 Å². The summed E-state index contributed by atoms with van der Waals surface area (Å²) in [7, 11) is 0. The lowest BCUT2D eigenvalue weighted by molar-refractivity contribution is 0.0964. The first-order chi connectivity index (χ1) is 7.33. The van der Waals surface area contributed by atoms with Crippen LogP contribution in [0.15, 0.2) is 17.0 Å². The zero-order valence-electron chi connectivity index (χ0n) is 8.78. The van der Waals surface area contributed by atoms with E-state index in [2.05, 4.69) is 32.8 Å². The summed E-state index contributed by atoms with van der Waals surface area (Å²) in [5.41, 5.74) is 0. The summed E-state index contributed by atoms with van der Waals surface area (Å²) in [5, 5.41) is 0. The molecule has 0 N–H and O–H groups in total. The average Bonchev–Trinajstić information content (AvgIpc) is 2.23. The third-order valence-electron chi connectivity index (χ3n) is 1.73. The van der Waals surface area contributed by atoms with Gasteiger partial charge < -0.3 is 9.47 Å². The number of hydrogen-bond donors (Lipinski definition) is 0. The number of hydrogen-bond acceptors (Lipinski definition) is 4. The van der Waals surface area contributed by atoms with Gasteiger partial charge in [0.25, 0.3) is 0 Å². The molecule has 1 heterocycles. The van der Waals surface area contributed by atoms with Crippen molar-refractivity contribution in [3.8, 4) is 5.88 Å². The highest BCUT2D eigenvalue weighted by molar-refractivity contribution is 9.10. The van der Waals surface area contributed by atoms with Crippen LogP contribution in [-0.2, 0) is 4.74 Å². The highest BCUT2D eigenvalue weighted by atomic mass is 79.9. The standard InChI is InChI=1S/C10H15BrN2O2/c1-2-3-4-14-5-6-15-10-7-9(11)12-8-13-10/h7-8H,2-6H2,1H3. The Morgan fingerprint density at radius 2 is 2.13 bits per heavy atom. The van der Waals surface area contributed by atoms with E-state index in [9.17, 15) is 0 Å². The number of nitrogens with zero attached hydrogens (tertiary/aromatic N) is 2. The van der Waals surface area contributed by atoms with Crippen molar-refractivity contribution in [2.24, 2.45) is 0 Å². The maximum absolute atomic E-state index is 5.36. The molecule has 1 rings (SSSR count). The van der Waals surface area contributed by atoms with Gasteiger partial charge in [-0.1, -0.05) is 13.3 Å². The third-order valence-corrected chi connectivity index (χ3v) is 2.16. The molecule has 0 atom stereocenters. The molecule has 0 bridgehead atoms. The fraction of sp³-hybridized carbons (Fsp3) is 0.600. The monoisotopic (exact) mass is 274 g/mol. The van der Waals surface area contributed by atoms with Crippen molar-refractivity contribution in [1.29, 1.82) is 0 Å². The van der Waals surface area contributed by atoms with E-state index in [-0.39, 0.29) is 0 Å². The van der Waals surface area contributed by atoms with Crippen LogP contribution < -0.4 is 4.74 Å². The Hall–Kier alpha value is -0.680. The molecule has 1 aromatic heterocycles. The summed E-state index contributed by atoms with van der Waals surface area (Å²) in [4.78, 5) is 7.86. The SMILES string of the molecule is CCCCOCCOc1cc(Br)ncn1. The van der Waals surface area contributed by atoms with Gasteiger partial charge in [-0.05, 0) is 22.4 Å². The molecule has 0 saturated heterocycles. The van der Waals surface area contributed by atoms with Crippen LogP contribution in [0.1, 0.15) is 19.8 Å². The van der Waals surface area contributed by atoms with Gasteiger partial charge in [0.05, 0.1) is 6.61 Å². The maximum Gasteiger partial charge on any atom is 0.217 e. The molecule has 4 nitrogen and oxygen atoms in total. The van der Waals surface area contributed by atoms with Crippen LogP contribution in [0.3, 0.4) is 0 Å². The Kier molecular flexibility index (Phi) is 6.27. The van der Waals surface area contributed by atoms with Gasteiger partial charge in [-0.2, -0.15) is 0 Å². The quantitative estimate of drug-likeness (QED) is 0.566. The highest BCUT2D eigenvalue weighted by Crippen LogP contribution is 2.11. The minimum absolute atomic E-state index is 0.521. The van der Waals surface area contributed by atoms with Crippen molar-refractivity contribution >= 4 is 15.9 Å². The van der Waals surface area contributed by atoms with Crippen molar-refractivity contribution in [2.75, 3.05) is 19.8 Å². The van der Waals surface area contributed by atoms with Crippen molar-refractivity contribution < 1.29 is 9.47 Å². The molecule has 0 radical (unpaired) electrons. The van der Waals surface area contributed by atoms with Crippen LogP contribution in [0.25, 0.3) is 0 Å². The molecule has 0 saturated carbocycles. The van der Waals surface area contributed by atoms with Crippen molar-refractivity contribution in [2.45, 2.75) is 19.8 Å². The van der Waals surface area contributed by atoms with Gasteiger partial charge in [0.1, 0.15) is 17.5 Å². The smallest absolute Gasteiger partial charge is 0.217 e. The average molecular weight is 275 g/mol. The molecule has 0 unspecified atom stereocenters. The molecule has 0 aliphatic carbocycles. The lowest BCUT2D eigenvalue weighted by atomic mass is 10.4. The number of unbranched alkanes of at least 4 members (excludes halogenated alkanes) is 1. The first kappa shape index (κ1) is 12.4. The van der Waals surface area contributed by atoms with E-state index < -0.39 is 0 Å². The Morgan fingerprint density at radius 3 is 2.87 bits per heavy atom. The molecule has 0 spiro atoms. The zero-order chi connectivity index (χ0) is 10.9. The fourth-order valence-electron chi connectivity index (χ4n) is 0.950. The second-order valence-corrected chi connectivity index (χ2v) is 3.81. The molecule has 5 heteroatoms. The van der Waals surface area contributed by atoms with E-state index >= 15 is 0 Å². The summed E-state index contributed by atoms with van der Waals surface area (Å²) >= 11 is 3.24. The van der Waals surface area contributed by atoms with E-state index in [4.69, 9.17) is 9.47 Å². The lowest BCUT2D eigenvalue weighted by Gasteiger charge is -2.05. The Balaban J connectivity index is 2.10. The number of halogens is 1. The van der Waals surface area contributed by atoms with Crippen molar-refractivity contribution in [3.05, 3.63) is 17.0 Å². The van der Waals surface area contributed by atoms with E-state index in [1.54, 1.807) is 6.07 Å². The van der Waals surface area contributed by atoms with Gasteiger partial charge in [-0.25, -0.2) is 9.97 Å². The van der Waals surface area contributed by atoms with Gasteiger partial charge in [0.2, 0.25) is 5.88 Å². The molecule has 0 amide bonds. The Morgan fingerprint density at radius 1 is 1.27 bits per heavy atom. The summed E-state index contributed by atoms with van der Waals surface area (Å²) in [6.45, 7) is 4.06. The van der Waals surface area contributed by atoms with Crippen LogP contribution >= 0.6 is 15.9 Å². The van der Waals surface area contributed by atoms with Crippen LogP contribution in [0.4, 0.5) is 0 Å². The van der Waals surface area contributed by atoms with Crippen LogP contribution in [0, 0.1) is 0 Å². The zero-order valence-corrected chi connectivity index (χ0v) is 10.4. The van der Waals surface area contributed by atoms with Gasteiger partial charge in [0.15, 0.2) is 0 Å². The summed E-state index contributed by atoms with van der Waals surface area (Å²) in [6.07, 6.45) is 3.70. The van der Waals surface area contributed by atoms with E-state index in [1.807, 2.05) is 0 Å². The molecular weight excluding hydrogens is 260 g/mol. The number of aromatic nitrogens is 2. The molecular formula is C10H15BrN2O2. The predicted octanol–water partition coefficient (Wildman–Crippen LogP) is 2.43. The van der Waals surface area contributed by atoms with Crippen LogP contribution in [0.2, 0.25) is 0 Å². The highest BCUT2D eigenvalue weighted by Gasteiger charge is 1.96. The van der Waals surface area contributed by atoms with Crippen LogP contribution in [0.5, 0.6) is 5.88 Å². The van der Waals surface area contributed by atoms with Gasteiger partial charge >= 0.3 is 0 Å². The normalized spacial score (nSPS) is 10.3. The van der Waals surface area contributed by atoms with E-state index in [0.29, 0.717) is 19.1 Å². The van der Waals surface area contributed by atoms with Gasteiger partial charge in [-0.15, -0.1) is 0 Å². The first-order valence-electron chi connectivity index (χ1n) is 5.01. The molecule has 1 aromatic rings. The Bertz CT molecular complexity index is 284. The third kappa shape index (κ3) is 5.69. The van der Waals surface area contributed by atoms with Crippen molar-refractivity contribution in [3.63, 3.8) is 0 Å². The summed E-state index contributed by atoms with van der Waals surface area (Å²) in [5.74, 6) is 0.566. The fourth-order valence-corrected chi connectivity index (χ4v) is 1.24. The molecule has 0 aromatic carbocycles. The summed E-state index contributed by atoms with van der Waals surface area (Å²) in [6, 6.07) is 1.73. The van der Waals surface area contributed by atoms with Gasteiger partial charge in [0, 0.05) is 12.7 Å². The largest absolute Gasteiger partial charge is 0.475 e. The van der Waals surface area contributed by atoms with E-state index in [0.717, 1.165) is 24.1 Å².